The molecule has 0 unspecified atom stereocenters. The largest absolute Gasteiger partial charge is 0.257 e. The summed E-state index contributed by atoms with van der Waals surface area (Å²) in [5, 5.41) is 0. The molecule has 1 rings (SSSR count). The maximum absolute atomic E-state index is 12.5. The highest BCUT2D eigenvalue weighted by Crippen LogP contribution is 2.50. The van der Waals surface area contributed by atoms with Gasteiger partial charge in [-0.2, -0.15) is 0 Å². The van der Waals surface area contributed by atoms with Crippen LogP contribution in [0.4, 0.5) is 0 Å². The summed E-state index contributed by atoms with van der Waals surface area (Å²) >= 11 is 0. The van der Waals surface area contributed by atoms with E-state index in [2.05, 4.69) is 27.0 Å². The van der Waals surface area contributed by atoms with Crippen LogP contribution >= 0.6 is 43.2 Å². The van der Waals surface area contributed by atoms with Gasteiger partial charge in [0, 0.05) is 22.3 Å². The molecule has 0 amide bonds. The van der Waals surface area contributed by atoms with E-state index in [1.54, 1.807) is 43.2 Å². The first-order chi connectivity index (χ1) is 8.63. The Kier molecular flexibility index (Phi) is 8.59. The minimum absolute atomic E-state index is 0.256. The van der Waals surface area contributed by atoms with Crippen LogP contribution in [0, 0.1) is 11.8 Å². The summed E-state index contributed by atoms with van der Waals surface area (Å²) in [6.07, 6.45) is 3.80. The lowest BCUT2D eigenvalue weighted by molar-refractivity contribution is 0.470. The third-order valence-electron chi connectivity index (χ3n) is 2.84. The van der Waals surface area contributed by atoms with E-state index < -0.39 is 10.8 Å². The van der Waals surface area contributed by atoms with Crippen molar-refractivity contribution in [3.63, 3.8) is 0 Å². The molecular weight excluding hydrogens is 320 g/mol. The van der Waals surface area contributed by atoms with Gasteiger partial charge in [0.1, 0.15) is 0 Å². The molecule has 0 aromatic rings. The molecule has 18 heavy (non-hydrogen) atoms. The minimum atomic E-state index is -0.750. The number of hydrogen-bond donors (Lipinski definition) is 0. The third-order valence-corrected chi connectivity index (χ3v) is 12.2. The summed E-state index contributed by atoms with van der Waals surface area (Å²) in [4.78, 5) is 0. The van der Waals surface area contributed by atoms with Gasteiger partial charge in [-0.1, -0.05) is 69.2 Å². The molecule has 1 saturated heterocycles. The topological polar surface area (TPSA) is 17.1 Å². The lowest BCUT2D eigenvalue weighted by Crippen LogP contribution is -2.12. The van der Waals surface area contributed by atoms with Crippen molar-refractivity contribution in [2.24, 2.45) is 11.8 Å². The maximum Gasteiger partial charge on any atom is 0.0945 e. The Bertz CT molecular complexity index is 279. The fourth-order valence-corrected chi connectivity index (χ4v) is 11.5. The van der Waals surface area contributed by atoms with Crippen molar-refractivity contribution >= 4 is 54.0 Å². The Morgan fingerprint density at radius 3 is 1.72 bits per heavy atom. The van der Waals surface area contributed by atoms with Crippen LogP contribution in [0.2, 0.25) is 0 Å². The van der Waals surface area contributed by atoms with Crippen LogP contribution in [-0.4, -0.2) is 24.9 Å². The summed E-state index contributed by atoms with van der Waals surface area (Å²) in [6, 6.07) is 0. The van der Waals surface area contributed by atoms with E-state index in [-0.39, 0.29) is 9.16 Å². The molecular formula is C12H20OS5. The Morgan fingerprint density at radius 1 is 1.00 bits per heavy atom. The van der Waals surface area contributed by atoms with Crippen LogP contribution < -0.4 is 0 Å². The second kappa shape index (κ2) is 9.06. The van der Waals surface area contributed by atoms with Gasteiger partial charge in [-0.25, -0.2) is 0 Å². The van der Waals surface area contributed by atoms with Crippen molar-refractivity contribution in [1.82, 2.24) is 0 Å². The molecule has 104 valence electrons. The SMILES string of the molecule is C=CCSS[C@@H]1[C@@H](C)[C@H](C)[C@@H](SSCC=C)S1=O. The number of hydrogen-bond acceptors (Lipinski definition) is 5. The second-order valence-corrected chi connectivity index (χ2v) is 11.5. The average Bonchev–Trinajstić information content (AvgIpc) is 2.56. The predicted octanol–water partition coefficient (Wildman–Crippen LogP) is 4.81. The van der Waals surface area contributed by atoms with Gasteiger partial charge < -0.3 is 0 Å². The van der Waals surface area contributed by atoms with Gasteiger partial charge in [-0.05, 0) is 11.8 Å². The van der Waals surface area contributed by atoms with Crippen molar-refractivity contribution in [2.45, 2.75) is 23.0 Å². The van der Waals surface area contributed by atoms with Crippen molar-refractivity contribution < 1.29 is 4.21 Å². The van der Waals surface area contributed by atoms with Crippen molar-refractivity contribution in [3.8, 4) is 0 Å². The lowest BCUT2D eigenvalue weighted by Gasteiger charge is -2.15. The van der Waals surface area contributed by atoms with Crippen molar-refractivity contribution in [1.29, 1.82) is 0 Å². The molecule has 1 aliphatic heterocycles. The molecule has 1 heterocycles. The van der Waals surface area contributed by atoms with E-state index in [1.165, 1.54) is 0 Å². The Hall–Kier alpha value is 1.03. The van der Waals surface area contributed by atoms with Gasteiger partial charge >= 0.3 is 0 Å². The first-order valence-corrected chi connectivity index (χ1v) is 11.8. The zero-order valence-electron chi connectivity index (χ0n) is 10.7. The zero-order valence-corrected chi connectivity index (χ0v) is 14.8. The molecule has 0 aliphatic carbocycles. The van der Waals surface area contributed by atoms with Crippen LogP contribution in [0.15, 0.2) is 25.3 Å². The van der Waals surface area contributed by atoms with E-state index in [0.717, 1.165) is 11.5 Å². The van der Waals surface area contributed by atoms with Gasteiger partial charge in [0.05, 0.1) is 9.16 Å². The maximum atomic E-state index is 12.5. The highest BCUT2D eigenvalue weighted by Gasteiger charge is 2.45. The smallest absolute Gasteiger partial charge is 0.0945 e. The Morgan fingerprint density at radius 2 is 1.39 bits per heavy atom. The van der Waals surface area contributed by atoms with Gasteiger partial charge in [0.25, 0.3) is 0 Å². The molecule has 1 fully saturated rings. The molecule has 0 saturated carbocycles. The molecule has 0 spiro atoms. The van der Waals surface area contributed by atoms with Gasteiger partial charge in [0.2, 0.25) is 0 Å². The highest BCUT2D eigenvalue weighted by molar-refractivity contribution is 8.79. The molecule has 0 aromatic carbocycles. The minimum Gasteiger partial charge on any atom is -0.257 e. The standard InChI is InChI=1S/C12H20OS5/c1-5-7-14-16-11-9(3)10(4)12(18(11)13)17-15-8-6-2/h5-6,9-12H,1-2,7-8H2,3-4H3/t9-,10-,11-,12-/m0/s1. The third kappa shape index (κ3) is 4.54. The first kappa shape index (κ1) is 17.1. The van der Waals surface area contributed by atoms with Crippen molar-refractivity contribution in [2.75, 3.05) is 11.5 Å². The average molecular weight is 341 g/mol. The summed E-state index contributed by atoms with van der Waals surface area (Å²) in [6.45, 7) is 11.9. The summed E-state index contributed by atoms with van der Waals surface area (Å²) in [5.41, 5.74) is 0. The van der Waals surface area contributed by atoms with Crippen molar-refractivity contribution in [3.05, 3.63) is 25.3 Å². The van der Waals surface area contributed by atoms with E-state index in [0.29, 0.717) is 11.8 Å². The Labute approximate surface area is 129 Å². The van der Waals surface area contributed by atoms with Crippen LogP contribution in [0.3, 0.4) is 0 Å². The molecule has 0 N–H and O–H groups in total. The van der Waals surface area contributed by atoms with Gasteiger partial charge in [-0.15, -0.1) is 13.2 Å². The molecule has 0 bridgehead atoms. The summed E-state index contributed by atoms with van der Waals surface area (Å²) in [5.74, 6) is 2.86. The normalized spacial score (nSPS) is 32.6. The van der Waals surface area contributed by atoms with E-state index >= 15 is 0 Å². The van der Waals surface area contributed by atoms with Crippen LogP contribution in [0.1, 0.15) is 13.8 Å². The molecule has 1 aliphatic rings. The molecule has 1 nitrogen and oxygen atoms in total. The van der Waals surface area contributed by atoms with Gasteiger partial charge in [0.15, 0.2) is 0 Å². The predicted molar refractivity (Wildman–Crippen MR) is 94.5 cm³/mol. The molecule has 4 atom stereocenters. The lowest BCUT2D eigenvalue weighted by atomic mass is 10.0. The van der Waals surface area contributed by atoms with Gasteiger partial charge in [-0.3, -0.25) is 4.21 Å². The first-order valence-electron chi connectivity index (χ1n) is 5.81. The molecule has 0 aromatic heterocycles. The fraction of sp³-hybridized carbons (Fsp3) is 0.667. The van der Waals surface area contributed by atoms with Crippen LogP contribution in [-0.2, 0) is 10.8 Å². The second-order valence-electron chi connectivity index (χ2n) is 4.12. The summed E-state index contributed by atoms with van der Waals surface area (Å²) in [7, 11) is 6.33. The fourth-order valence-electron chi connectivity index (χ4n) is 1.61. The quantitative estimate of drug-likeness (QED) is 0.357. The molecule has 6 heteroatoms. The zero-order chi connectivity index (χ0) is 13.5. The van der Waals surface area contributed by atoms with Crippen LogP contribution in [0.5, 0.6) is 0 Å². The van der Waals surface area contributed by atoms with E-state index in [1.807, 2.05) is 12.2 Å². The Balaban J connectivity index is 2.53. The van der Waals surface area contributed by atoms with E-state index in [4.69, 9.17) is 0 Å². The monoisotopic (exact) mass is 340 g/mol. The highest BCUT2D eigenvalue weighted by atomic mass is 33.1. The summed E-state index contributed by atoms with van der Waals surface area (Å²) < 4.78 is 13.0. The van der Waals surface area contributed by atoms with E-state index in [9.17, 15) is 4.21 Å². The molecule has 0 radical (unpaired) electrons. The van der Waals surface area contributed by atoms with Crippen LogP contribution in [0.25, 0.3) is 0 Å². The number of rotatable bonds is 8.